The molecule has 4 N–H and O–H groups in total. The first-order valence-electron chi connectivity index (χ1n) is 6.78. The zero-order valence-electron chi connectivity index (χ0n) is 13.2. The smallest absolute Gasteiger partial charge is 0.240 e. The summed E-state index contributed by atoms with van der Waals surface area (Å²) in [6.07, 6.45) is 0. The molecule has 0 aromatic heterocycles. The summed E-state index contributed by atoms with van der Waals surface area (Å²) in [7, 11) is -2.14. The largest absolute Gasteiger partial charge is 0.348 e. The Labute approximate surface area is 138 Å². The summed E-state index contributed by atoms with van der Waals surface area (Å²) in [5.41, 5.74) is 6.49. The lowest BCUT2D eigenvalue weighted by Crippen LogP contribution is -2.44. The van der Waals surface area contributed by atoms with Crippen molar-refractivity contribution in [3.63, 3.8) is 0 Å². The molecule has 0 aliphatic rings. The highest BCUT2D eigenvalue weighted by Crippen LogP contribution is 2.17. The molecule has 1 aromatic carbocycles. The monoisotopic (exact) mass is 349 g/mol. The summed E-state index contributed by atoms with van der Waals surface area (Å²) >= 11 is 0. The van der Waals surface area contributed by atoms with Crippen LogP contribution in [0.5, 0.6) is 0 Å². The first kappa shape index (κ1) is 20.9. The van der Waals surface area contributed by atoms with Crippen molar-refractivity contribution >= 4 is 28.3 Å². The molecule has 6 nitrogen and oxygen atoms in total. The summed E-state index contributed by atoms with van der Waals surface area (Å²) in [6.45, 7) is 5.53. The number of rotatable bonds is 6. The third kappa shape index (κ3) is 5.24. The van der Waals surface area contributed by atoms with E-state index < -0.39 is 16.1 Å². The normalized spacial score (nSPS) is 14.1. The van der Waals surface area contributed by atoms with Crippen LogP contribution in [0.2, 0.25) is 0 Å². The van der Waals surface area contributed by atoms with Crippen molar-refractivity contribution in [1.29, 1.82) is 0 Å². The van der Waals surface area contributed by atoms with Crippen LogP contribution in [-0.4, -0.2) is 27.4 Å². The van der Waals surface area contributed by atoms with E-state index in [9.17, 15) is 13.2 Å². The van der Waals surface area contributed by atoms with E-state index >= 15 is 0 Å². The van der Waals surface area contributed by atoms with E-state index in [-0.39, 0.29) is 35.2 Å². The van der Waals surface area contributed by atoms with Gasteiger partial charge in [-0.3, -0.25) is 4.79 Å². The zero-order chi connectivity index (χ0) is 16.2. The van der Waals surface area contributed by atoms with Crippen molar-refractivity contribution < 1.29 is 13.2 Å². The molecular formula is C14H24ClN3O3S. The van der Waals surface area contributed by atoms with Gasteiger partial charge in [-0.05, 0) is 37.6 Å². The number of carbonyl (C=O) groups is 1. The van der Waals surface area contributed by atoms with Crippen LogP contribution < -0.4 is 15.8 Å². The Bertz CT molecular complexity index is 605. The topological polar surface area (TPSA) is 101 Å². The Morgan fingerprint density at radius 3 is 2.32 bits per heavy atom. The average molecular weight is 350 g/mol. The fourth-order valence-corrected chi connectivity index (χ4v) is 2.55. The van der Waals surface area contributed by atoms with Crippen molar-refractivity contribution in [2.24, 2.45) is 11.7 Å². The number of nitrogens with one attached hydrogen (secondary N) is 2. The predicted molar refractivity (Wildman–Crippen MR) is 89.3 cm³/mol. The van der Waals surface area contributed by atoms with E-state index in [1.54, 1.807) is 19.1 Å². The molecule has 1 rings (SSSR count). The first-order chi connectivity index (χ1) is 9.69. The highest BCUT2D eigenvalue weighted by molar-refractivity contribution is 7.89. The molecule has 0 aliphatic heterocycles. The van der Waals surface area contributed by atoms with E-state index in [1.165, 1.54) is 19.2 Å². The van der Waals surface area contributed by atoms with E-state index in [0.29, 0.717) is 5.56 Å². The van der Waals surface area contributed by atoms with Gasteiger partial charge in [0.1, 0.15) is 0 Å². The third-order valence-corrected chi connectivity index (χ3v) is 4.73. The van der Waals surface area contributed by atoms with Gasteiger partial charge in [-0.2, -0.15) is 0 Å². The molecule has 1 aromatic rings. The molecule has 0 spiro atoms. The molecule has 1 amide bonds. The molecule has 0 bridgehead atoms. The maximum atomic E-state index is 11.9. The highest BCUT2D eigenvalue weighted by Gasteiger charge is 2.20. The van der Waals surface area contributed by atoms with E-state index in [0.717, 1.165) is 0 Å². The van der Waals surface area contributed by atoms with Gasteiger partial charge in [0.05, 0.1) is 17.0 Å². The second-order valence-electron chi connectivity index (χ2n) is 5.28. The number of halogens is 1. The number of sulfonamides is 1. The molecule has 0 radical (unpaired) electrons. The predicted octanol–water partition coefficient (Wildman–Crippen LogP) is 1.18. The number of nitrogens with two attached hydrogens (primary N) is 1. The van der Waals surface area contributed by atoms with Crippen LogP contribution >= 0.6 is 12.4 Å². The van der Waals surface area contributed by atoms with Crippen molar-refractivity contribution in [3.8, 4) is 0 Å². The first-order valence-corrected chi connectivity index (χ1v) is 8.26. The fourth-order valence-electron chi connectivity index (χ4n) is 1.76. The van der Waals surface area contributed by atoms with Crippen LogP contribution in [0, 0.1) is 5.92 Å². The third-order valence-electron chi connectivity index (χ3n) is 3.32. The minimum atomic E-state index is -3.50. The number of amides is 1. The molecule has 0 heterocycles. The number of benzene rings is 1. The number of hydrogen-bond acceptors (Lipinski definition) is 4. The van der Waals surface area contributed by atoms with E-state index in [2.05, 4.69) is 10.0 Å². The maximum absolute atomic E-state index is 11.9. The fraction of sp³-hybridized carbons (Fsp3) is 0.500. The van der Waals surface area contributed by atoms with Crippen LogP contribution in [0.25, 0.3) is 0 Å². The zero-order valence-corrected chi connectivity index (χ0v) is 14.8. The average Bonchev–Trinajstić information content (AvgIpc) is 2.46. The Morgan fingerprint density at radius 2 is 1.82 bits per heavy atom. The van der Waals surface area contributed by atoms with Crippen molar-refractivity contribution in [2.75, 3.05) is 7.05 Å². The van der Waals surface area contributed by atoms with E-state index in [1.807, 2.05) is 13.8 Å². The maximum Gasteiger partial charge on any atom is 0.240 e. The minimum Gasteiger partial charge on any atom is -0.348 e. The molecule has 2 atom stereocenters. The molecule has 0 fully saturated rings. The Morgan fingerprint density at radius 1 is 1.23 bits per heavy atom. The number of carbonyl (C=O) groups excluding carboxylic acids is 1. The quantitative estimate of drug-likeness (QED) is 0.717. The standard InChI is InChI=1S/C14H23N3O3S.ClH/c1-9(2)13(15)14(18)17-10(3)11-6-5-7-12(8-11)21(19,20)16-4;/h5-10,13,16H,15H2,1-4H3,(H,17,18);1H/t10?,13-;/m0./s1. The molecule has 22 heavy (non-hydrogen) atoms. The number of hydrogen-bond donors (Lipinski definition) is 3. The molecule has 1 unspecified atom stereocenters. The van der Waals surface area contributed by atoms with Crippen LogP contribution in [0.4, 0.5) is 0 Å². The second-order valence-corrected chi connectivity index (χ2v) is 7.17. The van der Waals surface area contributed by atoms with Crippen LogP contribution in [0.15, 0.2) is 29.2 Å². The van der Waals surface area contributed by atoms with Gasteiger partial charge in [-0.15, -0.1) is 12.4 Å². The molecule has 8 heteroatoms. The molecule has 0 aliphatic carbocycles. The van der Waals surface area contributed by atoms with Crippen LogP contribution in [-0.2, 0) is 14.8 Å². The van der Waals surface area contributed by atoms with Crippen molar-refractivity contribution in [3.05, 3.63) is 29.8 Å². The summed E-state index contributed by atoms with van der Waals surface area (Å²) in [5.74, 6) is -0.215. The summed E-state index contributed by atoms with van der Waals surface area (Å²) < 4.78 is 25.8. The SMILES string of the molecule is CNS(=O)(=O)c1cccc(C(C)NC(=O)[C@@H](N)C(C)C)c1.Cl. The summed E-state index contributed by atoms with van der Waals surface area (Å²) in [6, 6.07) is 5.54. The van der Waals surface area contributed by atoms with Gasteiger partial charge in [0.15, 0.2) is 0 Å². The lowest BCUT2D eigenvalue weighted by molar-refractivity contribution is -0.123. The van der Waals surface area contributed by atoms with Crippen LogP contribution in [0.1, 0.15) is 32.4 Å². The second kappa shape index (κ2) is 8.47. The molecule has 0 saturated heterocycles. The van der Waals surface area contributed by atoms with Gasteiger partial charge >= 0.3 is 0 Å². The Kier molecular flexibility index (Phi) is 8.03. The minimum absolute atomic E-state index is 0. The summed E-state index contributed by atoms with van der Waals surface area (Å²) in [4.78, 5) is 12.1. The van der Waals surface area contributed by atoms with Gasteiger partial charge < -0.3 is 11.1 Å². The highest BCUT2D eigenvalue weighted by atomic mass is 35.5. The van der Waals surface area contributed by atoms with Gasteiger partial charge in [-0.1, -0.05) is 26.0 Å². The molecule has 0 saturated carbocycles. The van der Waals surface area contributed by atoms with Gasteiger partial charge in [0.25, 0.3) is 0 Å². The van der Waals surface area contributed by atoms with E-state index in [4.69, 9.17) is 5.73 Å². The van der Waals surface area contributed by atoms with Crippen LogP contribution in [0.3, 0.4) is 0 Å². The van der Waals surface area contributed by atoms with Crippen molar-refractivity contribution in [1.82, 2.24) is 10.0 Å². The molecule has 126 valence electrons. The Hall–Kier alpha value is -1.15. The van der Waals surface area contributed by atoms with Crippen molar-refractivity contribution in [2.45, 2.75) is 37.8 Å². The lowest BCUT2D eigenvalue weighted by Gasteiger charge is -2.20. The van der Waals surface area contributed by atoms with Gasteiger partial charge in [0, 0.05) is 0 Å². The van der Waals surface area contributed by atoms with Gasteiger partial charge in [0.2, 0.25) is 15.9 Å². The van der Waals surface area contributed by atoms with Gasteiger partial charge in [-0.25, -0.2) is 13.1 Å². The lowest BCUT2D eigenvalue weighted by atomic mass is 10.0. The molecular weight excluding hydrogens is 326 g/mol. The summed E-state index contributed by atoms with van der Waals surface area (Å²) in [5, 5.41) is 2.79. The Balaban J connectivity index is 0.00000441.